The molecule has 0 bridgehead atoms. The predicted molar refractivity (Wildman–Crippen MR) is 79.0 cm³/mol. The number of nitrogens with one attached hydrogen (secondary N) is 1. The number of carbonyl (C=O) groups is 1. The van der Waals surface area contributed by atoms with Crippen molar-refractivity contribution < 1.29 is 9.53 Å². The van der Waals surface area contributed by atoms with Crippen molar-refractivity contribution in [3.63, 3.8) is 0 Å². The standard InChI is InChI=1S/C15H24N2O2/c1-10(2)12-8-13(11(3)7-14(12)19-6)16-9-15(18)17(4)5/h7-8,10,16H,9H2,1-6H3. The molecule has 0 aliphatic carbocycles. The van der Waals surface area contributed by atoms with Crippen molar-refractivity contribution >= 4 is 11.6 Å². The first kappa shape index (κ1) is 15.3. The Balaban J connectivity index is 2.95. The molecule has 0 heterocycles. The van der Waals surface area contributed by atoms with E-state index in [4.69, 9.17) is 4.74 Å². The maximum absolute atomic E-state index is 11.6. The number of hydrogen-bond acceptors (Lipinski definition) is 3. The third-order valence-corrected chi connectivity index (χ3v) is 3.13. The van der Waals surface area contributed by atoms with Crippen LogP contribution in [-0.2, 0) is 4.79 Å². The zero-order chi connectivity index (χ0) is 14.6. The normalized spacial score (nSPS) is 10.5. The number of hydrogen-bond donors (Lipinski definition) is 1. The zero-order valence-corrected chi connectivity index (χ0v) is 12.7. The van der Waals surface area contributed by atoms with Crippen LogP contribution in [0.2, 0.25) is 0 Å². The lowest BCUT2D eigenvalue weighted by atomic mass is 9.99. The zero-order valence-electron chi connectivity index (χ0n) is 12.7. The highest BCUT2D eigenvalue weighted by Gasteiger charge is 2.12. The number of amides is 1. The molecular formula is C15H24N2O2. The monoisotopic (exact) mass is 264 g/mol. The van der Waals surface area contributed by atoms with E-state index < -0.39 is 0 Å². The molecule has 1 aromatic rings. The molecule has 1 N–H and O–H groups in total. The van der Waals surface area contributed by atoms with Crippen LogP contribution in [0.1, 0.15) is 30.9 Å². The summed E-state index contributed by atoms with van der Waals surface area (Å²) in [6.07, 6.45) is 0. The van der Waals surface area contributed by atoms with Crippen molar-refractivity contribution in [3.05, 3.63) is 23.3 Å². The molecule has 0 aliphatic heterocycles. The number of rotatable bonds is 5. The Kier molecular flexibility index (Phi) is 5.21. The van der Waals surface area contributed by atoms with Crippen molar-refractivity contribution in [2.24, 2.45) is 0 Å². The van der Waals surface area contributed by atoms with Gasteiger partial charge in [0.05, 0.1) is 13.7 Å². The molecule has 0 unspecified atom stereocenters. The number of carbonyl (C=O) groups excluding carboxylic acids is 1. The Morgan fingerprint density at radius 1 is 1.37 bits per heavy atom. The van der Waals surface area contributed by atoms with Crippen molar-refractivity contribution in [1.82, 2.24) is 4.90 Å². The van der Waals surface area contributed by atoms with E-state index in [1.165, 1.54) is 0 Å². The molecule has 0 saturated heterocycles. The fraction of sp³-hybridized carbons (Fsp3) is 0.533. The molecular weight excluding hydrogens is 240 g/mol. The molecule has 1 aromatic carbocycles. The van der Waals surface area contributed by atoms with Crippen LogP contribution in [-0.4, -0.2) is 38.6 Å². The molecule has 4 heteroatoms. The molecule has 0 aromatic heterocycles. The largest absolute Gasteiger partial charge is 0.496 e. The molecule has 1 amide bonds. The Bertz CT molecular complexity index is 454. The van der Waals surface area contributed by atoms with E-state index in [9.17, 15) is 4.79 Å². The number of benzene rings is 1. The molecule has 0 aliphatic rings. The first-order valence-electron chi connectivity index (χ1n) is 6.49. The minimum absolute atomic E-state index is 0.0568. The summed E-state index contributed by atoms with van der Waals surface area (Å²) in [6.45, 7) is 6.57. The predicted octanol–water partition coefficient (Wildman–Crippen LogP) is 2.63. The number of nitrogens with zero attached hydrogens (tertiary/aromatic N) is 1. The van der Waals surface area contributed by atoms with Crippen LogP contribution >= 0.6 is 0 Å². The minimum atomic E-state index is 0.0568. The minimum Gasteiger partial charge on any atom is -0.496 e. The maximum Gasteiger partial charge on any atom is 0.241 e. The van der Waals surface area contributed by atoms with Gasteiger partial charge in [0, 0.05) is 19.8 Å². The van der Waals surface area contributed by atoms with Crippen molar-refractivity contribution in [2.45, 2.75) is 26.7 Å². The number of ether oxygens (including phenoxy) is 1. The molecule has 0 fully saturated rings. The molecule has 0 saturated carbocycles. The van der Waals surface area contributed by atoms with Crippen LogP contribution < -0.4 is 10.1 Å². The third kappa shape index (κ3) is 3.88. The van der Waals surface area contributed by atoms with Gasteiger partial charge < -0.3 is 15.0 Å². The van der Waals surface area contributed by atoms with Crippen molar-refractivity contribution in [3.8, 4) is 5.75 Å². The first-order valence-corrected chi connectivity index (χ1v) is 6.49. The number of aryl methyl sites for hydroxylation is 1. The SMILES string of the molecule is COc1cc(C)c(NCC(=O)N(C)C)cc1C(C)C. The molecule has 19 heavy (non-hydrogen) atoms. The molecule has 0 spiro atoms. The number of anilines is 1. The van der Waals surface area contributed by atoms with Crippen LogP contribution in [0.25, 0.3) is 0 Å². The Morgan fingerprint density at radius 2 is 2.00 bits per heavy atom. The van der Waals surface area contributed by atoms with Crippen molar-refractivity contribution in [2.75, 3.05) is 33.1 Å². The van der Waals surface area contributed by atoms with E-state index in [1.54, 1.807) is 26.1 Å². The van der Waals surface area contributed by atoms with Gasteiger partial charge in [-0.2, -0.15) is 0 Å². The third-order valence-electron chi connectivity index (χ3n) is 3.13. The summed E-state index contributed by atoms with van der Waals surface area (Å²) in [7, 11) is 5.19. The lowest BCUT2D eigenvalue weighted by Gasteiger charge is -2.18. The quantitative estimate of drug-likeness (QED) is 0.889. The van der Waals surface area contributed by atoms with E-state index in [2.05, 4.69) is 25.2 Å². The van der Waals surface area contributed by atoms with Crippen LogP contribution in [0.4, 0.5) is 5.69 Å². The van der Waals surface area contributed by atoms with Gasteiger partial charge in [0.25, 0.3) is 0 Å². The number of likely N-dealkylation sites (N-methyl/N-ethyl adjacent to an activating group) is 1. The molecule has 106 valence electrons. The van der Waals surface area contributed by atoms with Gasteiger partial charge in [-0.15, -0.1) is 0 Å². The Labute approximate surface area is 115 Å². The molecule has 4 nitrogen and oxygen atoms in total. The number of methoxy groups -OCH3 is 1. The summed E-state index contributed by atoms with van der Waals surface area (Å²) < 4.78 is 5.40. The van der Waals surface area contributed by atoms with Crippen LogP contribution in [0, 0.1) is 6.92 Å². The van der Waals surface area contributed by atoms with Gasteiger partial charge in [-0.3, -0.25) is 4.79 Å². The van der Waals surface area contributed by atoms with Gasteiger partial charge in [-0.25, -0.2) is 0 Å². The Morgan fingerprint density at radius 3 is 2.47 bits per heavy atom. The smallest absolute Gasteiger partial charge is 0.241 e. The highest BCUT2D eigenvalue weighted by molar-refractivity contribution is 5.80. The first-order chi connectivity index (χ1) is 8.86. The topological polar surface area (TPSA) is 41.6 Å². The highest BCUT2D eigenvalue weighted by atomic mass is 16.5. The van der Waals surface area contributed by atoms with Gasteiger partial charge in [-0.1, -0.05) is 13.8 Å². The summed E-state index contributed by atoms with van der Waals surface area (Å²) >= 11 is 0. The van der Waals surface area contributed by atoms with Gasteiger partial charge >= 0.3 is 0 Å². The lowest BCUT2D eigenvalue weighted by Crippen LogP contribution is -2.28. The average Bonchev–Trinajstić information content (AvgIpc) is 2.35. The van der Waals surface area contributed by atoms with Crippen LogP contribution in [0.5, 0.6) is 5.75 Å². The molecule has 1 rings (SSSR count). The average molecular weight is 264 g/mol. The summed E-state index contributed by atoms with van der Waals surface area (Å²) in [6, 6.07) is 4.08. The summed E-state index contributed by atoms with van der Waals surface area (Å²) in [4.78, 5) is 13.2. The molecule has 0 radical (unpaired) electrons. The summed E-state index contributed by atoms with van der Waals surface area (Å²) in [5, 5.41) is 3.19. The highest BCUT2D eigenvalue weighted by Crippen LogP contribution is 2.31. The maximum atomic E-state index is 11.6. The second kappa shape index (κ2) is 6.45. The lowest BCUT2D eigenvalue weighted by molar-refractivity contribution is -0.126. The van der Waals surface area contributed by atoms with Crippen molar-refractivity contribution in [1.29, 1.82) is 0 Å². The van der Waals surface area contributed by atoms with E-state index in [0.717, 1.165) is 22.6 Å². The molecule has 0 atom stereocenters. The van der Waals surface area contributed by atoms with Gasteiger partial charge in [0.2, 0.25) is 5.91 Å². The fourth-order valence-electron chi connectivity index (χ4n) is 1.85. The van der Waals surface area contributed by atoms with Crippen LogP contribution in [0.3, 0.4) is 0 Å². The van der Waals surface area contributed by atoms with Crippen LogP contribution in [0.15, 0.2) is 12.1 Å². The van der Waals surface area contributed by atoms with E-state index in [1.807, 2.05) is 13.0 Å². The second-order valence-corrected chi connectivity index (χ2v) is 5.21. The van der Waals surface area contributed by atoms with Gasteiger partial charge in [0.15, 0.2) is 0 Å². The van der Waals surface area contributed by atoms with E-state index in [-0.39, 0.29) is 5.91 Å². The van der Waals surface area contributed by atoms with Gasteiger partial charge in [0.1, 0.15) is 5.75 Å². The summed E-state index contributed by atoms with van der Waals surface area (Å²) in [5.41, 5.74) is 3.21. The van der Waals surface area contributed by atoms with E-state index >= 15 is 0 Å². The Hall–Kier alpha value is -1.71. The fourth-order valence-corrected chi connectivity index (χ4v) is 1.85. The second-order valence-electron chi connectivity index (χ2n) is 5.21. The summed E-state index contributed by atoms with van der Waals surface area (Å²) in [5.74, 6) is 1.33. The van der Waals surface area contributed by atoms with E-state index in [0.29, 0.717) is 12.5 Å². The van der Waals surface area contributed by atoms with Gasteiger partial charge in [-0.05, 0) is 36.1 Å².